The molecule has 2 amide bonds. The van der Waals surface area contributed by atoms with E-state index in [0.29, 0.717) is 32.4 Å². The summed E-state index contributed by atoms with van der Waals surface area (Å²) < 4.78 is 34.5. The molecule has 0 saturated carbocycles. The Balaban J connectivity index is 1.71. The lowest BCUT2D eigenvalue weighted by Crippen LogP contribution is -2.35. The number of amides is 2. The molecule has 28 heavy (non-hydrogen) atoms. The first-order chi connectivity index (χ1) is 13.4. The third-order valence-corrected chi connectivity index (χ3v) is 5.08. The van der Waals surface area contributed by atoms with Gasteiger partial charge in [0.2, 0.25) is 5.91 Å². The molecule has 0 spiro atoms. The summed E-state index contributed by atoms with van der Waals surface area (Å²) >= 11 is 0. The molecule has 1 N–H and O–H groups in total. The fourth-order valence-electron chi connectivity index (χ4n) is 3.60. The summed E-state index contributed by atoms with van der Waals surface area (Å²) in [4.78, 5) is 25.8. The first-order valence-corrected chi connectivity index (χ1v) is 9.22. The third-order valence-electron chi connectivity index (χ3n) is 5.08. The minimum absolute atomic E-state index is 0.0773. The Morgan fingerprint density at radius 2 is 1.96 bits per heavy atom. The van der Waals surface area contributed by atoms with Crippen molar-refractivity contribution in [2.24, 2.45) is 5.92 Å². The predicted octanol–water partition coefficient (Wildman–Crippen LogP) is 2.56. The highest BCUT2D eigenvalue weighted by Crippen LogP contribution is 2.33. The molecule has 2 aliphatic heterocycles. The van der Waals surface area contributed by atoms with Crippen LogP contribution in [-0.2, 0) is 9.53 Å². The normalized spacial score (nSPS) is 20.1. The number of carbonyl (C=O) groups excluding carboxylic acids is 2. The molecule has 2 saturated heterocycles. The second-order valence-electron chi connectivity index (χ2n) is 7.10. The number of nitrogens with zero attached hydrogens (tertiary/aromatic N) is 3. The predicted molar refractivity (Wildman–Crippen MR) is 97.8 cm³/mol. The Kier molecular flexibility index (Phi) is 5.97. The van der Waals surface area contributed by atoms with Crippen molar-refractivity contribution >= 4 is 23.4 Å². The largest absolute Gasteiger partial charge is 0.442 e. The van der Waals surface area contributed by atoms with Crippen molar-refractivity contribution in [2.45, 2.75) is 32.3 Å². The van der Waals surface area contributed by atoms with E-state index in [-0.39, 0.29) is 36.3 Å². The lowest BCUT2D eigenvalue weighted by atomic mass is 9.94. The van der Waals surface area contributed by atoms with Gasteiger partial charge in [-0.3, -0.25) is 9.69 Å². The third kappa shape index (κ3) is 4.32. The Hall–Kier alpha value is -2.89. The number of carbonyl (C=O) groups is 2. The van der Waals surface area contributed by atoms with Crippen LogP contribution in [0.1, 0.15) is 26.2 Å². The summed E-state index contributed by atoms with van der Waals surface area (Å²) in [6, 6.07) is 4.39. The van der Waals surface area contributed by atoms with Crippen molar-refractivity contribution in [3.8, 4) is 6.07 Å². The van der Waals surface area contributed by atoms with E-state index < -0.39 is 23.8 Å². The first-order valence-electron chi connectivity index (χ1n) is 9.22. The lowest BCUT2D eigenvalue weighted by molar-refractivity contribution is -0.119. The molecule has 2 aliphatic rings. The quantitative estimate of drug-likeness (QED) is 0.832. The summed E-state index contributed by atoms with van der Waals surface area (Å²) in [6.45, 7) is 2.53. The number of cyclic esters (lactones) is 1. The molecule has 0 bridgehead atoms. The minimum atomic E-state index is -0.744. The summed E-state index contributed by atoms with van der Waals surface area (Å²) in [5.74, 6) is -1.49. The number of ether oxygens (including phenoxy) is 1. The zero-order chi connectivity index (χ0) is 20.3. The van der Waals surface area contributed by atoms with Gasteiger partial charge in [0.25, 0.3) is 0 Å². The van der Waals surface area contributed by atoms with Gasteiger partial charge in [-0.05, 0) is 18.8 Å². The average molecular weight is 392 g/mol. The van der Waals surface area contributed by atoms with Crippen LogP contribution in [0.25, 0.3) is 0 Å². The van der Waals surface area contributed by atoms with Crippen LogP contribution >= 0.6 is 0 Å². The van der Waals surface area contributed by atoms with Gasteiger partial charge in [0.15, 0.2) is 11.6 Å². The molecule has 1 atom stereocenters. The maximum Gasteiger partial charge on any atom is 0.414 e. The van der Waals surface area contributed by atoms with Gasteiger partial charge < -0.3 is 15.0 Å². The molecule has 2 fully saturated rings. The van der Waals surface area contributed by atoms with Crippen molar-refractivity contribution in [3.63, 3.8) is 0 Å². The molecule has 0 aromatic heterocycles. The molecule has 7 nitrogen and oxygen atoms in total. The van der Waals surface area contributed by atoms with E-state index in [1.54, 1.807) is 4.90 Å². The van der Waals surface area contributed by atoms with E-state index in [4.69, 9.17) is 10.00 Å². The Morgan fingerprint density at radius 3 is 2.54 bits per heavy atom. The van der Waals surface area contributed by atoms with E-state index in [0.717, 1.165) is 17.0 Å². The van der Waals surface area contributed by atoms with Crippen molar-refractivity contribution in [3.05, 3.63) is 23.8 Å². The summed E-state index contributed by atoms with van der Waals surface area (Å²) in [5.41, 5.74) is -0.0324. The van der Waals surface area contributed by atoms with Crippen LogP contribution in [0, 0.1) is 28.9 Å². The SMILES string of the molecule is CC(=O)NCC1CN(c2cc(F)c(N3CCC(CC#N)CC3)c(F)c2)C(=O)O1. The number of nitriles is 1. The van der Waals surface area contributed by atoms with Crippen molar-refractivity contribution < 1.29 is 23.1 Å². The van der Waals surface area contributed by atoms with Crippen LogP contribution in [0.4, 0.5) is 25.0 Å². The second-order valence-corrected chi connectivity index (χ2v) is 7.10. The highest BCUT2D eigenvalue weighted by Gasteiger charge is 2.34. The molecule has 1 aromatic carbocycles. The number of nitrogens with one attached hydrogen (secondary N) is 1. The zero-order valence-corrected chi connectivity index (χ0v) is 15.6. The number of hydrogen-bond donors (Lipinski definition) is 1. The van der Waals surface area contributed by atoms with Crippen LogP contribution in [0.15, 0.2) is 12.1 Å². The molecular formula is C19H22F2N4O3. The maximum absolute atomic E-state index is 14.7. The van der Waals surface area contributed by atoms with Gasteiger partial charge in [-0.25, -0.2) is 13.6 Å². The van der Waals surface area contributed by atoms with Crippen LogP contribution in [0.5, 0.6) is 0 Å². The molecule has 0 aliphatic carbocycles. The van der Waals surface area contributed by atoms with E-state index in [9.17, 15) is 18.4 Å². The Morgan fingerprint density at radius 1 is 1.32 bits per heavy atom. The van der Waals surface area contributed by atoms with Gasteiger partial charge in [-0.15, -0.1) is 0 Å². The van der Waals surface area contributed by atoms with Gasteiger partial charge in [-0.2, -0.15) is 5.26 Å². The molecule has 3 rings (SSSR count). The number of rotatable bonds is 5. The number of piperidine rings is 1. The van der Waals surface area contributed by atoms with Gasteiger partial charge >= 0.3 is 6.09 Å². The molecule has 1 unspecified atom stereocenters. The van der Waals surface area contributed by atoms with Gasteiger partial charge in [0.1, 0.15) is 11.8 Å². The second kappa shape index (κ2) is 8.42. The smallest absolute Gasteiger partial charge is 0.414 e. The number of benzene rings is 1. The standard InChI is InChI=1S/C19H22F2N4O3/c1-12(26)23-10-15-11-25(19(27)28-15)14-8-16(20)18(17(21)9-14)24-6-3-13(2-5-22)4-7-24/h8-9,13,15H,2-4,6-7,10-11H2,1H3,(H,23,26). The molecule has 2 heterocycles. The summed E-state index contributed by atoms with van der Waals surface area (Å²) in [5, 5.41) is 11.3. The molecular weight excluding hydrogens is 370 g/mol. The molecule has 150 valence electrons. The molecule has 0 radical (unpaired) electrons. The van der Waals surface area contributed by atoms with Crippen LogP contribution in [0.3, 0.4) is 0 Å². The van der Waals surface area contributed by atoms with Crippen LogP contribution in [0.2, 0.25) is 0 Å². The van der Waals surface area contributed by atoms with E-state index in [1.807, 2.05) is 0 Å². The van der Waals surface area contributed by atoms with Gasteiger partial charge in [0.05, 0.1) is 24.8 Å². The van der Waals surface area contributed by atoms with E-state index in [2.05, 4.69) is 11.4 Å². The van der Waals surface area contributed by atoms with Gasteiger partial charge in [0, 0.05) is 38.6 Å². The van der Waals surface area contributed by atoms with Crippen molar-refractivity contribution in [1.82, 2.24) is 5.32 Å². The highest BCUT2D eigenvalue weighted by atomic mass is 19.1. The minimum Gasteiger partial charge on any atom is -0.442 e. The average Bonchev–Trinajstić information content (AvgIpc) is 3.02. The monoisotopic (exact) mass is 392 g/mol. The molecule has 9 heteroatoms. The van der Waals surface area contributed by atoms with Crippen molar-refractivity contribution in [2.75, 3.05) is 36.0 Å². The Labute approximate surface area is 161 Å². The lowest BCUT2D eigenvalue weighted by Gasteiger charge is -2.33. The number of hydrogen-bond acceptors (Lipinski definition) is 5. The van der Waals surface area contributed by atoms with Gasteiger partial charge in [-0.1, -0.05) is 0 Å². The fraction of sp³-hybridized carbons (Fsp3) is 0.526. The zero-order valence-electron chi connectivity index (χ0n) is 15.6. The maximum atomic E-state index is 14.7. The Bertz CT molecular complexity index is 780. The number of halogens is 2. The van der Waals surface area contributed by atoms with E-state index >= 15 is 0 Å². The first kappa shape index (κ1) is 19.9. The van der Waals surface area contributed by atoms with Crippen LogP contribution < -0.4 is 15.1 Å². The summed E-state index contributed by atoms with van der Waals surface area (Å²) in [7, 11) is 0. The molecule has 1 aromatic rings. The van der Waals surface area contributed by atoms with Crippen molar-refractivity contribution in [1.29, 1.82) is 5.26 Å². The van der Waals surface area contributed by atoms with E-state index in [1.165, 1.54) is 6.92 Å². The fourth-order valence-corrected chi connectivity index (χ4v) is 3.60. The van der Waals surface area contributed by atoms with Crippen LogP contribution in [-0.4, -0.2) is 44.3 Å². The highest BCUT2D eigenvalue weighted by molar-refractivity contribution is 5.90. The number of anilines is 2. The topological polar surface area (TPSA) is 85.7 Å². The summed E-state index contributed by atoms with van der Waals surface area (Å²) in [6.07, 6.45) is 0.573.